The molecule has 2 fully saturated rings. The molecule has 1 aromatic carbocycles. The van der Waals surface area contributed by atoms with E-state index in [0.29, 0.717) is 28.6 Å². The monoisotopic (exact) mass is 596 g/mol. The largest absolute Gasteiger partial charge is 0.587 e. The molecule has 222 valence electrons. The fraction of sp³-hybridized carbons (Fsp3) is 0.375. The molecule has 0 spiro atoms. The summed E-state index contributed by atoms with van der Waals surface area (Å²) < 4.78 is 23.4. The van der Waals surface area contributed by atoms with Crippen LogP contribution in [-0.4, -0.2) is 52.5 Å². The van der Waals surface area contributed by atoms with E-state index in [0.717, 1.165) is 72.5 Å². The van der Waals surface area contributed by atoms with Gasteiger partial charge >= 0.3 is 0 Å². The van der Waals surface area contributed by atoms with Crippen LogP contribution in [0.5, 0.6) is 0 Å². The number of aromatic nitrogens is 6. The molecular formula is C32H36N8O2S. The molecule has 0 bridgehead atoms. The van der Waals surface area contributed by atoms with Crippen molar-refractivity contribution in [2.45, 2.75) is 68.8 Å². The van der Waals surface area contributed by atoms with Crippen molar-refractivity contribution in [3.63, 3.8) is 0 Å². The fourth-order valence-corrected chi connectivity index (χ4v) is 7.11. The van der Waals surface area contributed by atoms with Gasteiger partial charge in [-0.25, -0.2) is 0 Å². The van der Waals surface area contributed by atoms with Crippen LogP contribution in [0.1, 0.15) is 56.6 Å². The Morgan fingerprint density at radius 2 is 1.70 bits per heavy atom. The van der Waals surface area contributed by atoms with Crippen molar-refractivity contribution in [1.82, 2.24) is 28.7 Å². The van der Waals surface area contributed by atoms with E-state index >= 15 is 0 Å². The Bertz CT molecular complexity index is 1680. The van der Waals surface area contributed by atoms with Crippen molar-refractivity contribution >= 4 is 39.8 Å². The molecule has 2 N–H and O–H groups in total. The third-order valence-corrected chi connectivity index (χ3v) is 9.69. The first-order valence-corrected chi connectivity index (χ1v) is 16.2. The Labute approximate surface area is 254 Å². The quantitative estimate of drug-likeness (QED) is 0.197. The van der Waals surface area contributed by atoms with Crippen LogP contribution in [0.25, 0.3) is 22.2 Å². The predicted molar refractivity (Wildman–Crippen MR) is 169 cm³/mol. The summed E-state index contributed by atoms with van der Waals surface area (Å²) >= 11 is -1.52. The van der Waals surface area contributed by atoms with Gasteiger partial charge in [0.1, 0.15) is 17.2 Å². The third-order valence-electron chi connectivity index (χ3n) is 8.38. The fourth-order valence-electron chi connectivity index (χ4n) is 6.03. The molecule has 10 nitrogen and oxygen atoms in total. The van der Waals surface area contributed by atoms with Crippen molar-refractivity contribution < 1.29 is 9.29 Å². The van der Waals surface area contributed by atoms with Gasteiger partial charge in [-0.05, 0) is 62.4 Å². The van der Waals surface area contributed by atoms with Gasteiger partial charge in [-0.1, -0.05) is 37.0 Å². The number of aryl methyl sites for hydroxylation is 1. The highest BCUT2D eigenvalue weighted by Crippen LogP contribution is 2.38. The minimum absolute atomic E-state index is 0.312. The molecule has 1 unspecified atom stereocenters. The highest BCUT2D eigenvalue weighted by molar-refractivity contribution is 7.90. The lowest BCUT2D eigenvalue weighted by molar-refractivity contribution is 0.0662. The zero-order valence-corrected chi connectivity index (χ0v) is 25.1. The van der Waals surface area contributed by atoms with Crippen molar-refractivity contribution in [1.29, 1.82) is 0 Å². The average molecular weight is 597 g/mol. The molecule has 1 aliphatic carbocycles. The second-order valence-electron chi connectivity index (χ2n) is 11.4. The Balaban J connectivity index is 1.34. The molecule has 1 atom stereocenters. The number of pyridine rings is 1. The minimum atomic E-state index is -1.52. The van der Waals surface area contributed by atoms with E-state index in [-0.39, 0.29) is 0 Å². The number of anilines is 3. The molecule has 7 rings (SSSR count). The standard InChI is InChI=1S/C32H36N8O2S/c1-22-7-9-27(10-8-22)43(41)40-21-28(23-11-15-33-16-12-23)29-30(35-24-5-3-2-4-6-24)37-32(38-31(29)40)36-25-19-34-39(20-25)26-13-17-42-18-14-26/h7-12,15-16,19-21,24,26H,2-6,13-14,17-18H2,1H3,(H2,35,36,37,38). The van der Waals surface area contributed by atoms with E-state index in [1.165, 1.54) is 19.3 Å². The molecule has 2 aliphatic rings. The number of nitrogens with one attached hydrogen (secondary N) is 2. The molecule has 1 aliphatic heterocycles. The van der Waals surface area contributed by atoms with E-state index in [1.807, 2.05) is 66.6 Å². The molecule has 11 heteroatoms. The molecule has 1 saturated carbocycles. The van der Waals surface area contributed by atoms with Gasteiger partial charge in [-0.15, -0.1) is 3.97 Å². The maximum atomic E-state index is 14.1. The van der Waals surface area contributed by atoms with E-state index in [2.05, 4.69) is 20.7 Å². The first-order valence-electron chi connectivity index (χ1n) is 15.1. The molecular weight excluding hydrogens is 560 g/mol. The van der Waals surface area contributed by atoms with Gasteiger partial charge in [0, 0.05) is 43.4 Å². The summed E-state index contributed by atoms with van der Waals surface area (Å²) in [7, 11) is 0. The summed E-state index contributed by atoms with van der Waals surface area (Å²) in [6, 6.07) is 12.4. The van der Waals surface area contributed by atoms with Crippen LogP contribution < -0.4 is 10.6 Å². The van der Waals surface area contributed by atoms with Gasteiger partial charge in [0.15, 0.2) is 10.5 Å². The van der Waals surface area contributed by atoms with Crippen LogP contribution >= 0.6 is 0 Å². The molecule has 5 heterocycles. The summed E-state index contributed by atoms with van der Waals surface area (Å²) in [6.45, 7) is 3.52. The second-order valence-corrected chi connectivity index (χ2v) is 12.8. The summed E-state index contributed by atoms with van der Waals surface area (Å²) in [4.78, 5) is 15.0. The maximum absolute atomic E-state index is 14.1. The first kappa shape index (κ1) is 27.9. The van der Waals surface area contributed by atoms with E-state index in [4.69, 9.17) is 14.7 Å². The Morgan fingerprint density at radius 3 is 2.47 bits per heavy atom. The summed E-state index contributed by atoms with van der Waals surface area (Å²) in [5.41, 5.74) is 4.40. The Hall–Kier alpha value is -3.93. The topological polar surface area (TPSA) is 118 Å². The van der Waals surface area contributed by atoms with Crippen LogP contribution in [0.4, 0.5) is 17.5 Å². The number of hydrogen-bond acceptors (Lipinski definition) is 8. The summed E-state index contributed by atoms with van der Waals surface area (Å²) in [5, 5.41) is 12.6. The van der Waals surface area contributed by atoms with Crippen molar-refractivity contribution in [3.8, 4) is 11.1 Å². The second kappa shape index (κ2) is 12.4. The van der Waals surface area contributed by atoms with Gasteiger partial charge in [-0.2, -0.15) is 15.1 Å². The van der Waals surface area contributed by atoms with Gasteiger partial charge in [0.05, 0.1) is 29.5 Å². The lowest BCUT2D eigenvalue weighted by atomic mass is 9.95. The zero-order chi connectivity index (χ0) is 29.2. The van der Waals surface area contributed by atoms with Gasteiger partial charge in [-0.3, -0.25) is 9.67 Å². The first-order chi connectivity index (χ1) is 21.1. The van der Waals surface area contributed by atoms with E-state index < -0.39 is 11.4 Å². The maximum Gasteiger partial charge on any atom is 0.231 e. The van der Waals surface area contributed by atoms with E-state index in [1.54, 1.807) is 16.4 Å². The van der Waals surface area contributed by atoms with Crippen LogP contribution in [0, 0.1) is 6.92 Å². The molecule has 1 saturated heterocycles. The normalized spacial score (nSPS) is 17.3. The number of benzene rings is 1. The number of rotatable bonds is 8. The Morgan fingerprint density at radius 1 is 0.930 bits per heavy atom. The molecule has 0 radical (unpaired) electrons. The third kappa shape index (κ3) is 5.97. The summed E-state index contributed by atoms with van der Waals surface area (Å²) in [6.07, 6.45) is 17.0. The molecule has 43 heavy (non-hydrogen) atoms. The molecule has 4 aromatic heterocycles. The predicted octanol–water partition coefficient (Wildman–Crippen LogP) is 6.41. The molecule has 5 aromatic rings. The smallest absolute Gasteiger partial charge is 0.231 e. The number of fused-ring (bicyclic) bond motifs is 1. The highest BCUT2D eigenvalue weighted by Gasteiger charge is 2.27. The van der Waals surface area contributed by atoms with E-state index in [9.17, 15) is 4.55 Å². The minimum Gasteiger partial charge on any atom is -0.587 e. The number of ether oxygens (including phenoxy) is 1. The van der Waals surface area contributed by atoms with Gasteiger partial charge in [0.2, 0.25) is 5.95 Å². The molecule has 0 amide bonds. The summed E-state index contributed by atoms with van der Waals surface area (Å²) in [5.74, 6) is 1.17. The van der Waals surface area contributed by atoms with Crippen molar-refractivity contribution in [2.24, 2.45) is 0 Å². The van der Waals surface area contributed by atoms with Gasteiger partial charge < -0.3 is 19.9 Å². The van der Waals surface area contributed by atoms with Crippen LogP contribution in [0.3, 0.4) is 0 Å². The highest BCUT2D eigenvalue weighted by atomic mass is 32.2. The lowest BCUT2D eigenvalue weighted by Gasteiger charge is -2.24. The Kier molecular flexibility index (Phi) is 8.01. The number of hydrogen-bond donors (Lipinski definition) is 2. The van der Waals surface area contributed by atoms with Crippen LogP contribution in [-0.2, 0) is 16.1 Å². The van der Waals surface area contributed by atoms with Crippen LogP contribution in [0.2, 0.25) is 0 Å². The van der Waals surface area contributed by atoms with Crippen molar-refractivity contribution in [2.75, 3.05) is 23.8 Å². The van der Waals surface area contributed by atoms with Gasteiger partial charge in [0.25, 0.3) is 0 Å². The SMILES string of the molecule is Cc1ccc([S+]([O-])n2cc(-c3ccncc3)c3c(NC4CCCCC4)nc(Nc4cnn(C5CCOCC5)c4)nc32)cc1. The average Bonchev–Trinajstić information content (AvgIpc) is 3.68. The zero-order valence-electron chi connectivity index (χ0n) is 24.3. The lowest BCUT2D eigenvalue weighted by Crippen LogP contribution is -2.23. The number of nitrogens with zero attached hydrogens (tertiary/aromatic N) is 6. The van der Waals surface area contributed by atoms with Crippen molar-refractivity contribution in [3.05, 3.63) is 72.9 Å². The van der Waals surface area contributed by atoms with Crippen LogP contribution in [0.15, 0.2) is 72.3 Å².